The Morgan fingerprint density at radius 1 is 1.21 bits per heavy atom. The van der Waals surface area contributed by atoms with Crippen LogP contribution in [0.1, 0.15) is 5.56 Å². The molecule has 1 aliphatic heterocycles. The maximum atomic E-state index is 13.2. The van der Waals surface area contributed by atoms with Crippen molar-refractivity contribution in [3.8, 4) is 11.1 Å². The summed E-state index contributed by atoms with van der Waals surface area (Å²) in [6.45, 7) is 0.917. The third-order valence-electron chi connectivity index (χ3n) is 5.09. The lowest BCUT2D eigenvalue weighted by Crippen LogP contribution is -2.62. The molecule has 0 spiro atoms. The van der Waals surface area contributed by atoms with Crippen molar-refractivity contribution in [2.45, 2.75) is 12.0 Å². The van der Waals surface area contributed by atoms with E-state index in [-0.39, 0.29) is 25.0 Å². The monoisotopic (exact) mass is 397 g/mol. The summed E-state index contributed by atoms with van der Waals surface area (Å²) in [6, 6.07) is 11.8. The van der Waals surface area contributed by atoms with Crippen molar-refractivity contribution in [2.75, 3.05) is 47.5 Å². The lowest BCUT2D eigenvalue weighted by Gasteiger charge is -2.43. The van der Waals surface area contributed by atoms with E-state index in [0.717, 1.165) is 16.7 Å². The van der Waals surface area contributed by atoms with Crippen LogP contribution in [0, 0.1) is 0 Å². The number of hydrogen-bond donors (Lipinski definition) is 0. The average molecular weight is 397 g/mol. The molecule has 1 aromatic heterocycles. The van der Waals surface area contributed by atoms with E-state index in [9.17, 15) is 9.59 Å². The molecule has 0 saturated carbocycles. The third kappa shape index (κ3) is 4.63. The number of ether oxygens (including phenoxy) is 2. The molecule has 1 fully saturated rings. The van der Waals surface area contributed by atoms with Crippen LogP contribution in [0.5, 0.6) is 0 Å². The first-order valence-electron chi connectivity index (χ1n) is 9.57. The number of nitrogens with zero attached hydrogens (tertiary/aromatic N) is 3. The van der Waals surface area contributed by atoms with E-state index < -0.39 is 5.60 Å². The number of benzene rings is 1. The van der Waals surface area contributed by atoms with Gasteiger partial charge in [0.15, 0.2) is 5.60 Å². The number of rotatable bonds is 6. The topological polar surface area (TPSA) is 72.0 Å². The molecule has 0 radical (unpaired) electrons. The number of likely N-dealkylation sites (N-methyl/N-ethyl adjacent to an activating group) is 1. The normalized spacial score (nSPS) is 19.1. The largest absolute Gasteiger partial charge is 0.375 e. The quantitative estimate of drug-likeness (QED) is 0.741. The Kier molecular flexibility index (Phi) is 6.61. The zero-order valence-electron chi connectivity index (χ0n) is 17.1. The standard InChI is InChI=1S/C22H27N3O4/c1-24(2)21(27)22(16-25(12-13-29-22)20(26)15-28-3)14-18-6-4-5-7-19(18)17-8-10-23-11-9-17/h4-11H,12-16H2,1-3H3/t22-/m1/s1. The van der Waals surface area contributed by atoms with Crippen molar-refractivity contribution in [1.82, 2.24) is 14.8 Å². The van der Waals surface area contributed by atoms with Crippen molar-refractivity contribution in [2.24, 2.45) is 0 Å². The first kappa shape index (κ1) is 21.0. The molecular weight excluding hydrogens is 370 g/mol. The van der Waals surface area contributed by atoms with Gasteiger partial charge in [0, 0.05) is 46.6 Å². The van der Waals surface area contributed by atoms with Crippen LogP contribution in [0.15, 0.2) is 48.8 Å². The molecule has 2 amide bonds. The molecule has 7 heteroatoms. The van der Waals surface area contributed by atoms with E-state index in [4.69, 9.17) is 9.47 Å². The summed E-state index contributed by atoms with van der Waals surface area (Å²) < 4.78 is 11.1. The van der Waals surface area contributed by atoms with Gasteiger partial charge in [0.25, 0.3) is 5.91 Å². The molecular formula is C22H27N3O4. The number of carbonyl (C=O) groups is 2. The average Bonchev–Trinajstić information content (AvgIpc) is 2.74. The molecule has 0 N–H and O–H groups in total. The Morgan fingerprint density at radius 2 is 1.93 bits per heavy atom. The predicted octanol–water partition coefficient (Wildman–Crippen LogP) is 1.62. The number of aromatic nitrogens is 1. The zero-order valence-corrected chi connectivity index (χ0v) is 17.1. The van der Waals surface area contributed by atoms with Crippen LogP contribution in [-0.2, 0) is 25.5 Å². The third-order valence-corrected chi connectivity index (χ3v) is 5.09. The van der Waals surface area contributed by atoms with Gasteiger partial charge in [0.1, 0.15) is 6.61 Å². The lowest BCUT2D eigenvalue weighted by atomic mass is 9.87. The first-order valence-corrected chi connectivity index (χ1v) is 9.57. The Balaban J connectivity index is 1.98. The van der Waals surface area contributed by atoms with Gasteiger partial charge in [-0.05, 0) is 28.8 Å². The minimum Gasteiger partial charge on any atom is -0.375 e. The number of hydrogen-bond acceptors (Lipinski definition) is 5. The van der Waals surface area contributed by atoms with E-state index in [0.29, 0.717) is 19.6 Å². The van der Waals surface area contributed by atoms with Crippen LogP contribution < -0.4 is 0 Å². The van der Waals surface area contributed by atoms with Crippen molar-refractivity contribution in [3.63, 3.8) is 0 Å². The lowest BCUT2D eigenvalue weighted by molar-refractivity contribution is -0.173. The second-order valence-corrected chi connectivity index (χ2v) is 7.36. The Bertz CT molecular complexity index is 856. The fraction of sp³-hybridized carbons (Fsp3) is 0.409. The van der Waals surface area contributed by atoms with E-state index in [1.54, 1.807) is 31.4 Å². The molecule has 1 atom stereocenters. The molecule has 29 heavy (non-hydrogen) atoms. The van der Waals surface area contributed by atoms with E-state index in [1.807, 2.05) is 36.4 Å². The second-order valence-electron chi connectivity index (χ2n) is 7.36. The number of carbonyl (C=O) groups excluding carboxylic acids is 2. The minimum absolute atomic E-state index is 0.0141. The van der Waals surface area contributed by atoms with Gasteiger partial charge in [0.2, 0.25) is 5.91 Å². The van der Waals surface area contributed by atoms with E-state index in [2.05, 4.69) is 4.98 Å². The zero-order chi connectivity index (χ0) is 20.9. The van der Waals surface area contributed by atoms with Gasteiger partial charge in [0.05, 0.1) is 13.2 Å². The second kappa shape index (κ2) is 9.15. The van der Waals surface area contributed by atoms with Crippen molar-refractivity contribution in [1.29, 1.82) is 0 Å². The summed E-state index contributed by atoms with van der Waals surface area (Å²) >= 11 is 0. The fourth-order valence-electron chi connectivity index (χ4n) is 3.73. The van der Waals surface area contributed by atoms with Crippen molar-refractivity contribution >= 4 is 11.8 Å². The van der Waals surface area contributed by atoms with Crippen LogP contribution in [0.2, 0.25) is 0 Å². The highest BCUT2D eigenvalue weighted by Crippen LogP contribution is 2.31. The Labute approximate surface area is 171 Å². The van der Waals surface area contributed by atoms with Crippen molar-refractivity contribution < 1.29 is 19.1 Å². The van der Waals surface area contributed by atoms with Gasteiger partial charge in [-0.2, -0.15) is 0 Å². The maximum Gasteiger partial charge on any atom is 0.256 e. The van der Waals surface area contributed by atoms with Crippen LogP contribution in [0.4, 0.5) is 0 Å². The molecule has 1 aromatic carbocycles. The summed E-state index contributed by atoms with van der Waals surface area (Å²) in [4.78, 5) is 32.9. The molecule has 7 nitrogen and oxygen atoms in total. The van der Waals surface area contributed by atoms with Crippen molar-refractivity contribution in [3.05, 3.63) is 54.4 Å². The highest BCUT2D eigenvalue weighted by atomic mass is 16.5. The van der Waals surface area contributed by atoms with Crippen LogP contribution in [-0.4, -0.2) is 79.7 Å². The molecule has 154 valence electrons. The number of pyridine rings is 1. The predicted molar refractivity (Wildman–Crippen MR) is 109 cm³/mol. The van der Waals surface area contributed by atoms with Gasteiger partial charge >= 0.3 is 0 Å². The van der Waals surface area contributed by atoms with Gasteiger partial charge in [-0.15, -0.1) is 0 Å². The first-order chi connectivity index (χ1) is 14.0. The number of amides is 2. The van der Waals surface area contributed by atoms with Crippen LogP contribution in [0.25, 0.3) is 11.1 Å². The Morgan fingerprint density at radius 3 is 2.62 bits per heavy atom. The van der Waals surface area contributed by atoms with Crippen LogP contribution in [0.3, 0.4) is 0 Å². The molecule has 0 unspecified atom stereocenters. The van der Waals surface area contributed by atoms with Gasteiger partial charge in [-0.25, -0.2) is 0 Å². The number of methoxy groups -OCH3 is 1. The molecule has 2 heterocycles. The molecule has 2 aromatic rings. The Hall–Kier alpha value is -2.77. The fourth-order valence-corrected chi connectivity index (χ4v) is 3.73. The highest BCUT2D eigenvalue weighted by molar-refractivity contribution is 5.87. The molecule has 1 aliphatic rings. The van der Waals surface area contributed by atoms with Crippen LogP contribution >= 0.6 is 0 Å². The summed E-state index contributed by atoms with van der Waals surface area (Å²) in [5.74, 6) is -0.300. The molecule has 0 bridgehead atoms. The summed E-state index contributed by atoms with van der Waals surface area (Å²) in [7, 11) is 4.90. The maximum absolute atomic E-state index is 13.2. The number of morpholine rings is 1. The summed E-state index contributed by atoms with van der Waals surface area (Å²) in [6.07, 6.45) is 3.85. The minimum atomic E-state index is -1.14. The van der Waals surface area contributed by atoms with Gasteiger partial charge in [-0.3, -0.25) is 14.6 Å². The van der Waals surface area contributed by atoms with E-state index >= 15 is 0 Å². The molecule has 3 rings (SSSR count). The highest BCUT2D eigenvalue weighted by Gasteiger charge is 2.46. The van der Waals surface area contributed by atoms with Gasteiger partial charge < -0.3 is 19.3 Å². The smallest absolute Gasteiger partial charge is 0.256 e. The molecule has 0 aliphatic carbocycles. The van der Waals surface area contributed by atoms with Gasteiger partial charge in [-0.1, -0.05) is 24.3 Å². The van der Waals surface area contributed by atoms with E-state index in [1.165, 1.54) is 12.0 Å². The summed E-state index contributed by atoms with van der Waals surface area (Å²) in [5, 5.41) is 0. The summed E-state index contributed by atoms with van der Waals surface area (Å²) in [5.41, 5.74) is 1.87. The SMILES string of the molecule is COCC(=O)N1CCO[C@@](Cc2ccccc2-c2ccncc2)(C(=O)N(C)C)C1. The molecule has 1 saturated heterocycles.